The fourth-order valence-electron chi connectivity index (χ4n) is 5.23. The second kappa shape index (κ2) is 12.6. The zero-order valence-corrected chi connectivity index (χ0v) is 22.8. The molecule has 14 heteroatoms. The lowest BCUT2D eigenvalue weighted by Crippen LogP contribution is -2.71. The number of allylic oxidation sites excluding steroid dienone is 2. The summed E-state index contributed by atoms with van der Waals surface area (Å²) in [6.07, 6.45) is -9.28. The average Bonchev–Trinajstić information content (AvgIpc) is 2.98. The third-order valence-corrected chi connectivity index (χ3v) is 7.57. The molecule has 0 radical (unpaired) electrons. The van der Waals surface area contributed by atoms with Gasteiger partial charge in [-0.05, 0) is 41.5 Å². The van der Waals surface area contributed by atoms with Crippen LogP contribution in [-0.2, 0) is 19.1 Å². The standard InChI is InChI=1S/C30H30O14/c31-12-19-23(37)25(39)26(40)29(44-19)30(43)27(41)21(17(11-20(35)36)14-4-8-16(33)9-5-14)24(38)22(28(30)42)18(34)10-3-13-1-6-15(32)7-2-13/h1-10,17,19,23,25-26,29,31-34,37-40,43H,11-12H2,(H,35,36)/b10-3+,22-18+. The number of aliphatic hydroxyl groups excluding tert-OH is 6. The highest BCUT2D eigenvalue weighted by Crippen LogP contribution is 2.44. The number of benzene rings is 2. The van der Waals surface area contributed by atoms with Crippen molar-refractivity contribution in [1.29, 1.82) is 0 Å². The Balaban J connectivity index is 1.98. The number of aliphatic carboxylic acids is 1. The minimum Gasteiger partial charge on any atom is -0.508 e. The second-order valence-electron chi connectivity index (χ2n) is 10.4. The Morgan fingerprint density at radius 1 is 0.864 bits per heavy atom. The molecule has 1 saturated heterocycles. The Bertz CT molecular complexity index is 1520. The van der Waals surface area contributed by atoms with E-state index < -0.39 is 95.3 Å². The lowest BCUT2D eigenvalue weighted by atomic mass is 9.67. The van der Waals surface area contributed by atoms with Gasteiger partial charge in [0, 0.05) is 11.5 Å². The van der Waals surface area contributed by atoms with Gasteiger partial charge in [-0.2, -0.15) is 0 Å². The van der Waals surface area contributed by atoms with Gasteiger partial charge in [-0.3, -0.25) is 14.4 Å². The number of phenolic OH excluding ortho intramolecular Hbond substituents is 2. The number of ketones is 2. The zero-order chi connectivity index (χ0) is 32.5. The molecule has 0 saturated carbocycles. The number of aliphatic hydroxyl groups is 7. The summed E-state index contributed by atoms with van der Waals surface area (Å²) in [6, 6.07) is 10.2. The van der Waals surface area contributed by atoms with E-state index in [1.54, 1.807) is 0 Å². The molecule has 7 unspecified atom stereocenters. The summed E-state index contributed by atoms with van der Waals surface area (Å²) in [7, 11) is 0. The van der Waals surface area contributed by atoms with E-state index in [9.17, 15) is 65.4 Å². The maximum absolute atomic E-state index is 14.1. The van der Waals surface area contributed by atoms with Crippen molar-refractivity contribution < 1.29 is 70.2 Å². The van der Waals surface area contributed by atoms with Crippen molar-refractivity contribution >= 4 is 23.6 Å². The Labute approximate surface area is 249 Å². The Kier molecular flexibility index (Phi) is 9.25. The quantitative estimate of drug-likeness (QED) is 0.104. The molecule has 7 atom stereocenters. The number of carboxylic acids is 1. The molecule has 2 aromatic carbocycles. The minimum absolute atomic E-state index is 0.0177. The lowest BCUT2D eigenvalue weighted by molar-refractivity contribution is -0.260. The molecule has 0 aromatic heterocycles. The first-order chi connectivity index (χ1) is 20.7. The number of carbonyl (C=O) groups is 3. The van der Waals surface area contributed by atoms with Crippen LogP contribution in [0.2, 0.25) is 0 Å². The Hall–Kier alpha value is -4.57. The molecule has 0 spiro atoms. The van der Waals surface area contributed by atoms with Gasteiger partial charge in [0.2, 0.25) is 17.2 Å². The highest BCUT2D eigenvalue weighted by atomic mass is 16.6. The number of ether oxygens (including phenoxy) is 1. The van der Waals surface area contributed by atoms with Crippen LogP contribution in [0.15, 0.2) is 77.3 Å². The molecule has 2 aromatic rings. The molecule has 44 heavy (non-hydrogen) atoms. The topological polar surface area (TPSA) is 263 Å². The van der Waals surface area contributed by atoms with Crippen LogP contribution >= 0.6 is 0 Å². The van der Waals surface area contributed by atoms with E-state index in [1.807, 2.05) is 0 Å². The number of Topliss-reactive ketones (excluding diaryl/α,β-unsaturated/α-hetero) is 2. The number of carbonyl (C=O) groups excluding carboxylic acids is 2. The van der Waals surface area contributed by atoms with Crippen molar-refractivity contribution in [3.8, 4) is 11.5 Å². The van der Waals surface area contributed by atoms with Crippen LogP contribution in [0.5, 0.6) is 11.5 Å². The third kappa shape index (κ3) is 5.81. The molecule has 1 heterocycles. The summed E-state index contributed by atoms with van der Waals surface area (Å²) in [5.41, 5.74) is -5.11. The van der Waals surface area contributed by atoms with Crippen LogP contribution in [0.3, 0.4) is 0 Å². The van der Waals surface area contributed by atoms with E-state index >= 15 is 0 Å². The fraction of sp³-hybridized carbons (Fsp3) is 0.300. The smallest absolute Gasteiger partial charge is 0.304 e. The molecule has 14 nitrogen and oxygen atoms in total. The molecular formula is C30H30O14. The van der Waals surface area contributed by atoms with Crippen LogP contribution in [0.4, 0.5) is 0 Å². The first kappa shape index (κ1) is 32.3. The van der Waals surface area contributed by atoms with Gasteiger partial charge in [-0.25, -0.2) is 0 Å². The number of carboxylic acid groups (broad SMARTS) is 1. The highest BCUT2D eigenvalue weighted by Gasteiger charge is 2.64. The van der Waals surface area contributed by atoms with E-state index in [0.717, 1.165) is 18.2 Å². The summed E-state index contributed by atoms with van der Waals surface area (Å²) in [6.45, 7) is -0.994. The summed E-state index contributed by atoms with van der Waals surface area (Å²) >= 11 is 0. The van der Waals surface area contributed by atoms with Gasteiger partial charge in [0.05, 0.1) is 13.0 Å². The summed E-state index contributed by atoms with van der Waals surface area (Å²) in [4.78, 5) is 39.8. The SMILES string of the molecule is O=C(O)CC(C1=C(O)/C(=C(O)/C=C/c2ccc(O)cc2)C(=O)C(O)(C2OC(CO)C(O)C(O)C2O)C1=O)c1ccc(O)cc1. The van der Waals surface area contributed by atoms with Crippen molar-refractivity contribution in [2.24, 2.45) is 0 Å². The van der Waals surface area contributed by atoms with E-state index in [4.69, 9.17) is 4.74 Å². The fourth-order valence-corrected chi connectivity index (χ4v) is 5.23. The van der Waals surface area contributed by atoms with Gasteiger partial charge in [-0.15, -0.1) is 0 Å². The van der Waals surface area contributed by atoms with Gasteiger partial charge >= 0.3 is 5.97 Å². The normalized spacial score (nSPS) is 29.6. The van der Waals surface area contributed by atoms with Gasteiger partial charge in [0.25, 0.3) is 0 Å². The largest absolute Gasteiger partial charge is 0.508 e. The Morgan fingerprint density at radius 2 is 1.43 bits per heavy atom. The van der Waals surface area contributed by atoms with Gasteiger partial charge < -0.3 is 55.8 Å². The van der Waals surface area contributed by atoms with Crippen LogP contribution < -0.4 is 0 Å². The summed E-state index contributed by atoms with van der Waals surface area (Å²) in [5.74, 6) is -9.00. The molecule has 4 rings (SSSR count). The van der Waals surface area contributed by atoms with Gasteiger partial charge in [-0.1, -0.05) is 30.3 Å². The van der Waals surface area contributed by atoms with E-state index in [-0.39, 0.29) is 17.1 Å². The summed E-state index contributed by atoms with van der Waals surface area (Å²) < 4.78 is 5.35. The first-order valence-electron chi connectivity index (χ1n) is 13.2. The maximum atomic E-state index is 14.1. The van der Waals surface area contributed by atoms with Crippen LogP contribution in [0, 0.1) is 0 Å². The van der Waals surface area contributed by atoms with Crippen LogP contribution in [-0.4, -0.2) is 111 Å². The number of hydrogen-bond acceptors (Lipinski definition) is 13. The number of rotatable bonds is 8. The first-order valence-corrected chi connectivity index (χ1v) is 13.2. The predicted molar refractivity (Wildman–Crippen MR) is 148 cm³/mol. The van der Waals surface area contributed by atoms with Crippen molar-refractivity contribution in [3.63, 3.8) is 0 Å². The third-order valence-electron chi connectivity index (χ3n) is 7.57. The molecule has 234 valence electrons. The summed E-state index contributed by atoms with van der Waals surface area (Å²) in [5, 5.41) is 104. The number of phenols is 2. The van der Waals surface area contributed by atoms with Crippen molar-refractivity contribution in [2.75, 3.05) is 6.61 Å². The highest BCUT2D eigenvalue weighted by molar-refractivity contribution is 6.28. The zero-order valence-electron chi connectivity index (χ0n) is 22.8. The van der Waals surface area contributed by atoms with E-state index in [1.165, 1.54) is 42.5 Å². The molecule has 10 N–H and O–H groups in total. The Morgan fingerprint density at radius 3 is 1.98 bits per heavy atom. The number of hydrogen-bond donors (Lipinski definition) is 10. The van der Waals surface area contributed by atoms with Crippen LogP contribution in [0.1, 0.15) is 23.5 Å². The number of aromatic hydroxyl groups is 2. The van der Waals surface area contributed by atoms with Gasteiger partial charge in [0.1, 0.15) is 59.1 Å². The average molecular weight is 615 g/mol. The van der Waals surface area contributed by atoms with E-state index in [2.05, 4.69) is 0 Å². The van der Waals surface area contributed by atoms with Crippen LogP contribution in [0.25, 0.3) is 6.08 Å². The maximum Gasteiger partial charge on any atom is 0.304 e. The molecule has 1 aliphatic heterocycles. The van der Waals surface area contributed by atoms with Crippen molar-refractivity contribution in [1.82, 2.24) is 0 Å². The molecule has 2 aliphatic rings. The monoisotopic (exact) mass is 614 g/mol. The van der Waals surface area contributed by atoms with Crippen molar-refractivity contribution in [2.45, 2.75) is 48.5 Å². The van der Waals surface area contributed by atoms with Gasteiger partial charge in [0.15, 0.2) is 0 Å². The molecule has 0 amide bonds. The predicted octanol–water partition coefficient (Wildman–Crippen LogP) is -0.281. The lowest BCUT2D eigenvalue weighted by Gasteiger charge is -2.47. The molecule has 1 fully saturated rings. The second-order valence-corrected chi connectivity index (χ2v) is 10.4. The van der Waals surface area contributed by atoms with Crippen molar-refractivity contribution in [3.05, 3.63) is 88.4 Å². The molecule has 1 aliphatic carbocycles. The molecule has 0 bridgehead atoms. The minimum atomic E-state index is -3.54. The molecular weight excluding hydrogens is 584 g/mol. The van der Waals surface area contributed by atoms with E-state index in [0.29, 0.717) is 5.56 Å².